The van der Waals surface area contributed by atoms with Crippen molar-refractivity contribution in [2.45, 2.75) is 110 Å². The molecule has 0 bridgehead atoms. The van der Waals surface area contributed by atoms with Crippen molar-refractivity contribution < 1.29 is 4.74 Å². The van der Waals surface area contributed by atoms with Crippen molar-refractivity contribution >= 4 is 17.2 Å². The number of unbranched alkanes of at least 4 members (excludes halogenated alkanes) is 10. The van der Waals surface area contributed by atoms with Gasteiger partial charge < -0.3 is 9.64 Å². The fraction of sp³-hybridized carbons (Fsp3) is 0.955. The van der Waals surface area contributed by atoms with Crippen molar-refractivity contribution in [3.63, 3.8) is 0 Å². The molecule has 2 unspecified atom stereocenters. The number of hydrogen-bond donors (Lipinski definition) is 0. The van der Waals surface area contributed by atoms with Crippen LogP contribution in [0.15, 0.2) is 0 Å². The van der Waals surface area contributed by atoms with Gasteiger partial charge in [-0.3, -0.25) is 0 Å². The summed E-state index contributed by atoms with van der Waals surface area (Å²) >= 11 is 5.74. The summed E-state index contributed by atoms with van der Waals surface area (Å²) in [4.78, 5) is 3.34. The van der Waals surface area contributed by atoms with Gasteiger partial charge in [-0.2, -0.15) is 0 Å². The molecule has 0 saturated carbocycles. The van der Waals surface area contributed by atoms with E-state index in [1.54, 1.807) is 0 Å². The monoisotopic (exact) mass is 369 g/mol. The van der Waals surface area contributed by atoms with Crippen LogP contribution in [0.4, 0.5) is 0 Å². The molecule has 3 heteroatoms. The van der Waals surface area contributed by atoms with Gasteiger partial charge in [-0.25, -0.2) is 0 Å². The lowest BCUT2D eigenvalue weighted by molar-refractivity contribution is 0.260. The summed E-state index contributed by atoms with van der Waals surface area (Å²) in [7, 11) is 0. The van der Waals surface area contributed by atoms with Crippen LogP contribution in [0.3, 0.4) is 0 Å². The minimum Gasteiger partial charge on any atom is -0.364 e. The van der Waals surface area contributed by atoms with Gasteiger partial charge in [0.25, 0.3) is 0 Å². The predicted molar refractivity (Wildman–Crippen MR) is 114 cm³/mol. The molecule has 0 radical (unpaired) electrons. The van der Waals surface area contributed by atoms with Crippen LogP contribution >= 0.6 is 12.2 Å². The Morgan fingerprint density at radius 1 is 0.880 bits per heavy atom. The molecule has 0 amide bonds. The van der Waals surface area contributed by atoms with E-state index in [2.05, 4.69) is 32.6 Å². The Labute approximate surface area is 163 Å². The number of ether oxygens (including phenoxy) is 1. The van der Waals surface area contributed by atoms with E-state index in [0.29, 0.717) is 5.92 Å². The van der Waals surface area contributed by atoms with Crippen LogP contribution in [0.1, 0.15) is 105 Å². The van der Waals surface area contributed by atoms with Crippen molar-refractivity contribution in [1.29, 1.82) is 0 Å². The van der Waals surface area contributed by atoms with Crippen LogP contribution in [0.5, 0.6) is 0 Å². The van der Waals surface area contributed by atoms with E-state index in [1.807, 2.05) is 0 Å². The Morgan fingerprint density at radius 2 is 1.32 bits per heavy atom. The smallest absolute Gasteiger partial charge is 0.144 e. The van der Waals surface area contributed by atoms with Crippen LogP contribution in [0.2, 0.25) is 0 Å². The van der Waals surface area contributed by atoms with Crippen LogP contribution < -0.4 is 0 Å². The van der Waals surface area contributed by atoms with Gasteiger partial charge in [-0.1, -0.05) is 96.7 Å². The molecule has 0 N–H and O–H groups in total. The normalized spacial score (nSPS) is 20.5. The molecule has 0 aliphatic carbocycles. The second-order valence-corrected chi connectivity index (χ2v) is 8.27. The Balaban J connectivity index is 2.05. The van der Waals surface area contributed by atoms with Crippen LogP contribution in [-0.4, -0.2) is 35.2 Å². The first-order valence-electron chi connectivity index (χ1n) is 11.1. The second kappa shape index (κ2) is 13.1. The van der Waals surface area contributed by atoms with Gasteiger partial charge in [0, 0.05) is 13.1 Å². The highest BCUT2D eigenvalue weighted by molar-refractivity contribution is 7.80. The van der Waals surface area contributed by atoms with Gasteiger partial charge in [0.1, 0.15) is 10.6 Å². The van der Waals surface area contributed by atoms with Crippen molar-refractivity contribution in [3.8, 4) is 0 Å². The lowest BCUT2D eigenvalue weighted by Gasteiger charge is -2.29. The minimum absolute atomic E-state index is 0.111. The van der Waals surface area contributed by atoms with Gasteiger partial charge in [0.2, 0.25) is 0 Å². The molecule has 0 aromatic carbocycles. The zero-order chi connectivity index (χ0) is 18.5. The maximum absolute atomic E-state index is 5.87. The summed E-state index contributed by atoms with van der Waals surface area (Å²) in [6.45, 7) is 11.8. The molecular formula is C22H43NOS. The van der Waals surface area contributed by atoms with Crippen LogP contribution in [0, 0.1) is 5.92 Å². The van der Waals surface area contributed by atoms with E-state index in [0.717, 1.165) is 24.7 Å². The first-order chi connectivity index (χ1) is 12.1. The molecule has 1 fully saturated rings. The van der Waals surface area contributed by atoms with E-state index in [4.69, 9.17) is 17.0 Å². The van der Waals surface area contributed by atoms with Crippen molar-refractivity contribution in [2.24, 2.45) is 5.92 Å². The van der Waals surface area contributed by atoms with E-state index < -0.39 is 0 Å². The fourth-order valence-electron chi connectivity index (χ4n) is 3.82. The predicted octanol–water partition coefficient (Wildman–Crippen LogP) is 6.76. The third-order valence-electron chi connectivity index (χ3n) is 5.90. The molecule has 1 heterocycles. The molecule has 0 aromatic rings. The summed E-state index contributed by atoms with van der Waals surface area (Å²) in [5.74, 6) is 0.555. The molecule has 25 heavy (non-hydrogen) atoms. The Morgan fingerprint density at radius 3 is 1.72 bits per heavy atom. The fourth-order valence-corrected chi connectivity index (χ4v) is 4.40. The van der Waals surface area contributed by atoms with Crippen molar-refractivity contribution in [3.05, 3.63) is 0 Å². The lowest BCUT2D eigenvalue weighted by atomic mass is 9.88. The first-order valence-corrected chi connectivity index (χ1v) is 11.5. The summed E-state index contributed by atoms with van der Waals surface area (Å²) in [6, 6.07) is 0. The Kier molecular flexibility index (Phi) is 12.0. The van der Waals surface area contributed by atoms with Crippen molar-refractivity contribution in [2.75, 3.05) is 19.7 Å². The number of thiocarbonyl (C=S) groups is 1. The van der Waals surface area contributed by atoms with Crippen molar-refractivity contribution in [1.82, 2.24) is 4.90 Å². The average molecular weight is 370 g/mol. The first kappa shape index (κ1) is 22.9. The molecule has 1 saturated heterocycles. The molecule has 0 aromatic heterocycles. The third-order valence-corrected chi connectivity index (χ3v) is 6.51. The highest BCUT2D eigenvalue weighted by Crippen LogP contribution is 2.40. The maximum atomic E-state index is 5.87. The standard InChI is InChI=1S/C22H43NOS/c1-5-8-9-10-11-12-13-14-15-16-17-18-20(4)22(19-24-22)21(25)23(6-2)7-3/h20H,5-19H2,1-4H3. The topological polar surface area (TPSA) is 15.8 Å². The van der Waals surface area contributed by atoms with E-state index >= 15 is 0 Å². The van der Waals surface area contributed by atoms with Crippen LogP contribution in [0.25, 0.3) is 0 Å². The van der Waals surface area contributed by atoms with Gasteiger partial charge in [-0.05, 0) is 26.2 Å². The number of likely N-dealkylation sites (N-methyl/N-ethyl adjacent to an activating group) is 1. The SMILES string of the molecule is CCCCCCCCCCCCCC(C)C1(C(=S)N(CC)CC)CO1. The lowest BCUT2D eigenvalue weighted by Crippen LogP contribution is -2.43. The molecule has 0 spiro atoms. The summed E-state index contributed by atoms with van der Waals surface area (Å²) in [5.41, 5.74) is -0.111. The number of epoxide rings is 1. The molecular weight excluding hydrogens is 326 g/mol. The van der Waals surface area contributed by atoms with Crippen LogP contribution in [-0.2, 0) is 4.74 Å². The molecule has 148 valence electrons. The number of nitrogens with zero attached hydrogens (tertiary/aromatic N) is 1. The zero-order valence-electron chi connectivity index (χ0n) is 17.4. The Hall–Kier alpha value is -0.150. The largest absolute Gasteiger partial charge is 0.364 e. The summed E-state index contributed by atoms with van der Waals surface area (Å²) < 4.78 is 5.87. The quantitative estimate of drug-likeness (QED) is 0.170. The second-order valence-electron chi connectivity index (χ2n) is 7.88. The third kappa shape index (κ3) is 7.95. The van der Waals surface area contributed by atoms with Gasteiger partial charge in [-0.15, -0.1) is 0 Å². The van der Waals surface area contributed by atoms with Gasteiger partial charge in [0.05, 0.1) is 6.61 Å². The Bertz CT molecular complexity index is 350. The average Bonchev–Trinajstić information content (AvgIpc) is 3.42. The molecule has 1 aliphatic rings. The molecule has 2 atom stereocenters. The number of hydrogen-bond acceptors (Lipinski definition) is 2. The highest BCUT2D eigenvalue weighted by atomic mass is 32.1. The maximum Gasteiger partial charge on any atom is 0.144 e. The summed E-state index contributed by atoms with van der Waals surface area (Å²) in [5, 5.41) is 0. The minimum atomic E-state index is -0.111. The van der Waals surface area contributed by atoms with Gasteiger partial charge in [0.15, 0.2) is 0 Å². The van der Waals surface area contributed by atoms with E-state index in [1.165, 1.54) is 77.0 Å². The summed E-state index contributed by atoms with van der Waals surface area (Å²) in [6.07, 6.45) is 16.7. The molecule has 1 rings (SSSR count). The highest BCUT2D eigenvalue weighted by Gasteiger charge is 2.54. The van der Waals surface area contributed by atoms with E-state index in [9.17, 15) is 0 Å². The van der Waals surface area contributed by atoms with Gasteiger partial charge >= 0.3 is 0 Å². The number of rotatable bonds is 16. The zero-order valence-corrected chi connectivity index (χ0v) is 18.3. The molecule has 2 nitrogen and oxygen atoms in total. The molecule has 1 aliphatic heterocycles. The van der Waals surface area contributed by atoms with E-state index in [-0.39, 0.29) is 5.60 Å².